The molecule has 2 amide bonds. The Morgan fingerprint density at radius 1 is 1.06 bits per heavy atom. The predicted molar refractivity (Wildman–Crippen MR) is 143 cm³/mol. The van der Waals surface area contributed by atoms with Crippen LogP contribution in [0.1, 0.15) is 50.4 Å². The van der Waals surface area contributed by atoms with E-state index in [0.717, 1.165) is 22.5 Å². The lowest BCUT2D eigenvalue weighted by Crippen LogP contribution is -2.39. The van der Waals surface area contributed by atoms with Crippen LogP contribution in [-0.2, 0) is 26.2 Å². The van der Waals surface area contributed by atoms with Gasteiger partial charge < -0.3 is 15.0 Å². The minimum absolute atomic E-state index is 0.0265. The van der Waals surface area contributed by atoms with Gasteiger partial charge in [-0.3, -0.25) is 9.59 Å². The van der Waals surface area contributed by atoms with Gasteiger partial charge >= 0.3 is 0 Å². The predicted octanol–water partition coefficient (Wildman–Crippen LogP) is 4.91. The highest BCUT2D eigenvalue weighted by Gasteiger charge is 2.23. The van der Waals surface area contributed by atoms with Gasteiger partial charge in [-0.25, -0.2) is 4.68 Å². The number of nitrogens with one attached hydrogen (secondary N) is 1. The first-order valence-electron chi connectivity index (χ1n) is 12.5. The maximum atomic E-state index is 13.2. The Morgan fingerprint density at radius 2 is 1.75 bits per heavy atom. The lowest BCUT2D eigenvalue weighted by atomic mass is 9.92. The Morgan fingerprint density at radius 3 is 2.39 bits per heavy atom. The number of anilines is 1. The maximum absolute atomic E-state index is 13.2. The summed E-state index contributed by atoms with van der Waals surface area (Å²) in [6, 6.07) is 19.8. The van der Waals surface area contributed by atoms with Gasteiger partial charge in [0.15, 0.2) is 0 Å². The molecule has 0 bridgehead atoms. The van der Waals surface area contributed by atoms with Crippen LogP contribution < -0.4 is 5.32 Å². The number of amides is 2. The topological polar surface area (TPSA) is 76.5 Å². The van der Waals surface area contributed by atoms with Crippen molar-refractivity contribution >= 4 is 17.6 Å². The number of hydrogen-bond donors (Lipinski definition) is 1. The van der Waals surface area contributed by atoms with E-state index < -0.39 is 0 Å². The Bertz CT molecular complexity index is 1130. The zero-order valence-electron chi connectivity index (χ0n) is 22.1. The molecule has 1 N–H and O–H groups in total. The summed E-state index contributed by atoms with van der Waals surface area (Å²) in [7, 11) is 1.63. The molecule has 0 atom stereocenters. The first-order chi connectivity index (χ1) is 17.2. The number of aryl methyl sites for hydroxylation is 2. The van der Waals surface area contributed by atoms with Gasteiger partial charge in [-0.1, -0.05) is 68.8 Å². The molecule has 7 nitrogen and oxygen atoms in total. The third-order valence-corrected chi connectivity index (χ3v) is 5.96. The lowest BCUT2D eigenvalue weighted by molar-refractivity contribution is -0.134. The summed E-state index contributed by atoms with van der Waals surface area (Å²) in [5.74, 6) is 0.282. The maximum Gasteiger partial charge on any atom is 0.245 e. The fraction of sp³-hybridized carbons (Fsp3) is 0.414. The van der Waals surface area contributed by atoms with Crippen molar-refractivity contribution in [2.75, 3.05) is 32.1 Å². The summed E-state index contributed by atoms with van der Waals surface area (Å²) in [5.41, 5.74) is 3.79. The van der Waals surface area contributed by atoms with Crippen LogP contribution in [0.3, 0.4) is 0 Å². The van der Waals surface area contributed by atoms with E-state index >= 15 is 0 Å². The van der Waals surface area contributed by atoms with E-state index in [1.165, 1.54) is 0 Å². The summed E-state index contributed by atoms with van der Waals surface area (Å²) >= 11 is 0. The number of aromatic nitrogens is 2. The fourth-order valence-corrected chi connectivity index (χ4v) is 3.82. The van der Waals surface area contributed by atoms with Crippen LogP contribution >= 0.6 is 0 Å². The minimum Gasteiger partial charge on any atom is -0.385 e. The van der Waals surface area contributed by atoms with E-state index in [0.29, 0.717) is 38.2 Å². The molecule has 0 aliphatic heterocycles. The fourth-order valence-electron chi connectivity index (χ4n) is 3.82. The molecule has 0 saturated carbocycles. The first kappa shape index (κ1) is 27.1. The molecule has 0 aliphatic carbocycles. The Labute approximate surface area is 214 Å². The van der Waals surface area contributed by atoms with Gasteiger partial charge in [0.2, 0.25) is 11.8 Å². The average molecular weight is 491 g/mol. The number of methoxy groups -OCH3 is 1. The van der Waals surface area contributed by atoms with E-state index in [4.69, 9.17) is 9.84 Å². The van der Waals surface area contributed by atoms with Gasteiger partial charge in [0.25, 0.3) is 0 Å². The van der Waals surface area contributed by atoms with Crippen molar-refractivity contribution in [3.63, 3.8) is 0 Å². The van der Waals surface area contributed by atoms with Crippen molar-refractivity contribution in [2.24, 2.45) is 0 Å². The molecule has 192 valence electrons. The molecule has 0 fully saturated rings. The largest absolute Gasteiger partial charge is 0.385 e. The van der Waals surface area contributed by atoms with Crippen molar-refractivity contribution in [3.8, 4) is 5.69 Å². The molecular weight excluding hydrogens is 452 g/mol. The number of hydrogen-bond acceptors (Lipinski definition) is 4. The quantitative estimate of drug-likeness (QED) is 0.387. The van der Waals surface area contributed by atoms with Crippen LogP contribution in [-0.4, -0.2) is 53.3 Å². The molecule has 2 aromatic carbocycles. The van der Waals surface area contributed by atoms with Crippen LogP contribution in [0.4, 0.5) is 5.82 Å². The van der Waals surface area contributed by atoms with Crippen LogP contribution in [0, 0.1) is 6.92 Å². The monoisotopic (exact) mass is 490 g/mol. The van der Waals surface area contributed by atoms with Gasteiger partial charge in [-0.15, -0.1) is 0 Å². The molecule has 0 saturated heterocycles. The highest BCUT2D eigenvalue weighted by molar-refractivity contribution is 5.94. The number of ether oxygens (including phenoxy) is 1. The second kappa shape index (κ2) is 12.5. The van der Waals surface area contributed by atoms with Crippen LogP contribution in [0.25, 0.3) is 5.69 Å². The zero-order valence-corrected chi connectivity index (χ0v) is 22.1. The SMILES string of the molecule is COCCCN(CC(=O)Nc1cc(C(C)(C)C)nn1-c1ccc(C)cc1)C(=O)CCc1ccccc1. The second-order valence-electron chi connectivity index (χ2n) is 10.1. The average Bonchev–Trinajstić information content (AvgIpc) is 3.27. The Balaban J connectivity index is 1.75. The van der Waals surface area contributed by atoms with Crippen LogP contribution in [0.15, 0.2) is 60.7 Å². The summed E-state index contributed by atoms with van der Waals surface area (Å²) in [6.07, 6.45) is 1.65. The highest BCUT2D eigenvalue weighted by Crippen LogP contribution is 2.26. The third kappa shape index (κ3) is 7.78. The van der Waals surface area contributed by atoms with Crippen molar-refractivity contribution in [3.05, 3.63) is 77.5 Å². The van der Waals surface area contributed by atoms with Gasteiger partial charge in [0.1, 0.15) is 5.82 Å². The first-order valence-corrected chi connectivity index (χ1v) is 12.5. The zero-order chi connectivity index (χ0) is 26.1. The highest BCUT2D eigenvalue weighted by atomic mass is 16.5. The van der Waals surface area contributed by atoms with E-state index in [2.05, 4.69) is 26.1 Å². The summed E-state index contributed by atoms with van der Waals surface area (Å²) < 4.78 is 6.91. The van der Waals surface area contributed by atoms with Crippen molar-refractivity contribution < 1.29 is 14.3 Å². The molecule has 0 aliphatic rings. The molecule has 0 radical (unpaired) electrons. The number of carbonyl (C=O) groups excluding carboxylic acids is 2. The molecule has 1 aromatic heterocycles. The van der Waals surface area contributed by atoms with E-state index in [-0.39, 0.29) is 23.8 Å². The number of rotatable bonds is 11. The standard InChI is InChI=1S/C29H38N4O3/c1-22-12-15-24(16-13-22)33-26(20-25(31-33)29(2,3)4)30-27(34)21-32(18-9-19-36-5)28(35)17-14-23-10-7-6-8-11-23/h6-8,10-13,15-16,20H,9,14,17-19,21H2,1-5H3,(H,30,34). The van der Waals surface area contributed by atoms with E-state index in [1.54, 1.807) is 16.7 Å². The van der Waals surface area contributed by atoms with E-state index in [9.17, 15) is 9.59 Å². The van der Waals surface area contributed by atoms with Crippen LogP contribution in [0.5, 0.6) is 0 Å². The molecule has 3 rings (SSSR count). The molecule has 3 aromatic rings. The number of benzene rings is 2. The second-order valence-corrected chi connectivity index (χ2v) is 10.1. The lowest BCUT2D eigenvalue weighted by Gasteiger charge is -2.22. The third-order valence-electron chi connectivity index (χ3n) is 5.96. The van der Waals surface area contributed by atoms with Gasteiger partial charge in [0.05, 0.1) is 17.9 Å². The Hall–Kier alpha value is -3.45. The normalized spacial score (nSPS) is 11.4. The smallest absolute Gasteiger partial charge is 0.245 e. The summed E-state index contributed by atoms with van der Waals surface area (Å²) in [4.78, 5) is 27.8. The van der Waals surface area contributed by atoms with Gasteiger partial charge in [-0.2, -0.15) is 5.10 Å². The van der Waals surface area contributed by atoms with Crippen LogP contribution in [0.2, 0.25) is 0 Å². The molecule has 0 unspecified atom stereocenters. The Kier molecular flexibility index (Phi) is 9.42. The summed E-state index contributed by atoms with van der Waals surface area (Å²) in [6.45, 7) is 9.25. The molecule has 36 heavy (non-hydrogen) atoms. The van der Waals surface area contributed by atoms with Gasteiger partial charge in [0, 0.05) is 38.2 Å². The summed E-state index contributed by atoms with van der Waals surface area (Å²) in [5, 5.41) is 7.78. The van der Waals surface area contributed by atoms with Crippen molar-refractivity contribution in [1.29, 1.82) is 0 Å². The molecule has 0 spiro atoms. The molecule has 7 heteroatoms. The number of nitrogens with zero attached hydrogens (tertiary/aromatic N) is 3. The van der Waals surface area contributed by atoms with Crippen molar-refractivity contribution in [2.45, 2.75) is 52.4 Å². The number of carbonyl (C=O) groups is 2. The van der Waals surface area contributed by atoms with E-state index in [1.807, 2.05) is 67.6 Å². The molecular formula is C29H38N4O3. The minimum atomic E-state index is -0.255. The van der Waals surface area contributed by atoms with Crippen molar-refractivity contribution in [1.82, 2.24) is 14.7 Å². The molecule has 1 heterocycles. The van der Waals surface area contributed by atoms with Gasteiger partial charge in [-0.05, 0) is 37.5 Å².